The van der Waals surface area contributed by atoms with Crippen LogP contribution in [0.4, 0.5) is 0 Å². The van der Waals surface area contributed by atoms with Gasteiger partial charge in [-0.25, -0.2) is 0 Å². The number of likely N-dealkylation sites (tertiary alicyclic amines) is 1. The number of rotatable bonds is 3. The van der Waals surface area contributed by atoms with Gasteiger partial charge in [0.25, 0.3) is 5.91 Å². The Bertz CT molecular complexity index is 648. The molecule has 0 unspecified atom stereocenters. The highest BCUT2D eigenvalue weighted by atomic mass is 35.5. The lowest BCUT2D eigenvalue weighted by Gasteiger charge is -2.31. The fourth-order valence-electron chi connectivity index (χ4n) is 2.74. The first-order valence-corrected chi connectivity index (χ1v) is 7.83. The minimum Gasteiger partial charge on any atom is -0.337 e. The van der Waals surface area contributed by atoms with Crippen LogP contribution in [0.25, 0.3) is 11.3 Å². The van der Waals surface area contributed by atoms with Gasteiger partial charge in [-0.05, 0) is 38.1 Å². The number of H-pyrrole nitrogens is 1. The van der Waals surface area contributed by atoms with E-state index in [1.165, 1.54) is 0 Å². The highest BCUT2D eigenvalue weighted by Gasteiger charge is 2.24. The van der Waals surface area contributed by atoms with Gasteiger partial charge in [0.2, 0.25) is 0 Å². The minimum absolute atomic E-state index is 0. The Balaban J connectivity index is 0.00000192. The number of aromatic nitrogens is 2. The van der Waals surface area contributed by atoms with E-state index in [0.717, 1.165) is 37.2 Å². The highest BCUT2D eigenvalue weighted by Crippen LogP contribution is 2.21. The molecule has 1 aromatic heterocycles. The fourth-order valence-corrected chi connectivity index (χ4v) is 2.87. The smallest absolute Gasteiger partial charge is 0.271 e. The summed E-state index contributed by atoms with van der Waals surface area (Å²) in [7, 11) is 1.97. The van der Waals surface area contributed by atoms with Gasteiger partial charge in [0.05, 0.1) is 5.69 Å². The van der Waals surface area contributed by atoms with E-state index in [0.29, 0.717) is 16.8 Å². The predicted molar refractivity (Wildman–Crippen MR) is 94.3 cm³/mol. The summed E-state index contributed by atoms with van der Waals surface area (Å²) in [6.07, 6.45) is 1.97. The van der Waals surface area contributed by atoms with Crippen molar-refractivity contribution < 1.29 is 4.79 Å². The third-order valence-corrected chi connectivity index (χ3v) is 4.39. The number of hydrogen-bond acceptors (Lipinski definition) is 3. The summed E-state index contributed by atoms with van der Waals surface area (Å²) in [6.45, 7) is 1.55. The summed E-state index contributed by atoms with van der Waals surface area (Å²) in [5.41, 5.74) is 2.23. The molecular formula is C16H20Cl2N4O. The second-order valence-corrected chi connectivity index (χ2v) is 5.97. The van der Waals surface area contributed by atoms with E-state index in [1.54, 1.807) is 6.07 Å². The quantitative estimate of drug-likeness (QED) is 0.890. The Morgan fingerprint density at radius 1 is 1.30 bits per heavy atom. The largest absolute Gasteiger partial charge is 0.337 e. The zero-order valence-electron chi connectivity index (χ0n) is 12.9. The molecule has 2 N–H and O–H groups in total. The van der Waals surface area contributed by atoms with Gasteiger partial charge in [-0.15, -0.1) is 12.4 Å². The maximum atomic E-state index is 12.5. The van der Waals surface area contributed by atoms with E-state index >= 15 is 0 Å². The molecule has 0 bridgehead atoms. The summed E-state index contributed by atoms with van der Waals surface area (Å²) in [5.74, 6) is 0.0160. The Kier molecular flexibility index (Phi) is 6.04. The van der Waals surface area contributed by atoms with E-state index in [1.807, 2.05) is 36.2 Å². The normalized spacial score (nSPS) is 15.3. The summed E-state index contributed by atoms with van der Waals surface area (Å²) in [6, 6.07) is 9.73. The molecule has 1 aromatic carbocycles. The van der Waals surface area contributed by atoms with Crippen molar-refractivity contribution in [3.05, 3.63) is 41.0 Å². The third-order valence-electron chi connectivity index (χ3n) is 4.14. The number of nitrogens with one attached hydrogen (secondary N) is 2. The average molecular weight is 355 g/mol. The van der Waals surface area contributed by atoms with Gasteiger partial charge in [0, 0.05) is 29.7 Å². The molecule has 0 spiro atoms. The van der Waals surface area contributed by atoms with Gasteiger partial charge in [0.15, 0.2) is 0 Å². The fraction of sp³-hybridized carbons (Fsp3) is 0.375. The zero-order valence-corrected chi connectivity index (χ0v) is 14.5. The number of carbonyl (C=O) groups is 1. The van der Waals surface area contributed by atoms with Crippen LogP contribution in [0, 0.1) is 0 Å². The number of nitrogens with zero attached hydrogens (tertiary/aromatic N) is 2. The highest BCUT2D eigenvalue weighted by molar-refractivity contribution is 6.30. The van der Waals surface area contributed by atoms with Crippen molar-refractivity contribution in [3.8, 4) is 11.3 Å². The lowest BCUT2D eigenvalue weighted by molar-refractivity contribution is 0.0701. The zero-order chi connectivity index (χ0) is 15.5. The molecule has 23 heavy (non-hydrogen) atoms. The minimum atomic E-state index is 0. The molecule has 3 rings (SSSR count). The van der Waals surface area contributed by atoms with Crippen molar-refractivity contribution >= 4 is 29.9 Å². The number of hydrogen-bond donors (Lipinski definition) is 2. The SMILES string of the molecule is CNC1CCN(C(=O)c2cc(-c3ccc(Cl)cc3)n[nH]2)CC1.Cl. The van der Waals surface area contributed by atoms with E-state index in [9.17, 15) is 4.79 Å². The maximum absolute atomic E-state index is 12.5. The second-order valence-electron chi connectivity index (χ2n) is 5.53. The number of aromatic amines is 1. The summed E-state index contributed by atoms with van der Waals surface area (Å²) >= 11 is 5.89. The van der Waals surface area contributed by atoms with Crippen molar-refractivity contribution in [2.75, 3.05) is 20.1 Å². The molecular weight excluding hydrogens is 335 g/mol. The van der Waals surface area contributed by atoms with Gasteiger partial charge >= 0.3 is 0 Å². The van der Waals surface area contributed by atoms with Gasteiger partial charge < -0.3 is 10.2 Å². The first-order valence-electron chi connectivity index (χ1n) is 7.45. The Labute approximate surface area is 146 Å². The van der Waals surface area contributed by atoms with Gasteiger partial charge in [-0.1, -0.05) is 23.7 Å². The summed E-state index contributed by atoms with van der Waals surface area (Å²) in [4.78, 5) is 14.4. The molecule has 0 radical (unpaired) electrons. The summed E-state index contributed by atoms with van der Waals surface area (Å²) in [5, 5.41) is 11.0. The van der Waals surface area contributed by atoms with Crippen molar-refractivity contribution in [1.29, 1.82) is 0 Å². The van der Waals surface area contributed by atoms with Crippen LogP contribution in [0.15, 0.2) is 30.3 Å². The number of carbonyl (C=O) groups excluding carboxylic acids is 1. The van der Waals surface area contributed by atoms with Crippen LogP contribution in [-0.2, 0) is 0 Å². The first-order chi connectivity index (χ1) is 10.7. The lowest BCUT2D eigenvalue weighted by atomic mass is 10.0. The van der Waals surface area contributed by atoms with E-state index in [4.69, 9.17) is 11.6 Å². The van der Waals surface area contributed by atoms with Crippen LogP contribution >= 0.6 is 24.0 Å². The molecule has 0 aliphatic carbocycles. The van der Waals surface area contributed by atoms with Gasteiger partial charge in [-0.3, -0.25) is 9.89 Å². The van der Waals surface area contributed by atoms with Crippen molar-refractivity contribution in [2.24, 2.45) is 0 Å². The number of amides is 1. The third kappa shape index (κ3) is 4.05. The molecule has 0 atom stereocenters. The van der Waals surface area contributed by atoms with E-state index < -0.39 is 0 Å². The van der Waals surface area contributed by atoms with Crippen LogP contribution in [0.5, 0.6) is 0 Å². The average Bonchev–Trinajstić information content (AvgIpc) is 3.05. The molecule has 5 nitrogen and oxygen atoms in total. The molecule has 1 fully saturated rings. The predicted octanol–water partition coefficient (Wildman–Crippen LogP) is 2.98. The molecule has 1 aliphatic heterocycles. The summed E-state index contributed by atoms with van der Waals surface area (Å²) < 4.78 is 0. The molecule has 2 aromatic rings. The van der Waals surface area contributed by atoms with E-state index in [-0.39, 0.29) is 18.3 Å². The Morgan fingerprint density at radius 3 is 2.57 bits per heavy atom. The molecule has 1 aliphatic rings. The van der Waals surface area contributed by atoms with Crippen molar-refractivity contribution in [2.45, 2.75) is 18.9 Å². The number of benzene rings is 1. The number of piperidine rings is 1. The second kappa shape index (κ2) is 7.81. The van der Waals surface area contributed by atoms with Crippen LogP contribution in [0.1, 0.15) is 23.3 Å². The molecule has 0 saturated carbocycles. The van der Waals surface area contributed by atoms with Gasteiger partial charge in [0.1, 0.15) is 5.69 Å². The van der Waals surface area contributed by atoms with Crippen LogP contribution in [-0.4, -0.2) is 47.2 Å². The van der Waals surface area contributed by atoms with Gasteiger partial charge in [-0.2, -0.15) is 5.10 Å². The number of halogens is 2. The standard InChI is InChI=1S/C16H19ClN4O.ClH/c1-18-13-6-8-21(9-7-13)16(22)15-10-14(19-20-15)11-2-4-12(17)5-3-11;/h2-5,10,13,18H,6-9H2,1H3,(H,19,20);1H. The molecule has 2 heterocycles. The molecule has 1 saturated heterocycles. The Morgan fingerprint density at radius 2 is 1.96 bits per heavy atom. The molecule has 1 amide bonds. The monoisotopic (exact) mass is 354 g/mol. The molecule has 7 heteroatoms. The van der Waals surface area contributed by atoms with Crippen LogP contribution in [0.2, 0.25) is 5.02 Å². The first kappa shape index (κ1) is 17.8. The van der Waals surface area contributed by atoms with Crippen LogP contribution in [0.3, 0.4) is 0 Å². The van der Waals surface area contributed by atoms with Crippen LogP contribution < -0.4 is 5.32 Å². The topological polar surface area (TPSA) is 61.0 Å². The maximum Gasteiger partial charge on any atom is 0.271 e. The Hall–Kier alpha value is -1.56. The van der Waals surface area contributed by atoms with E-state index in [2.05, 4.69) is 15.5 Å². The van der Waals surface area contributed by atoms with Crippen molar-refractivity contribution in [1.82, 2.24) is 20.4 Å². The molecule has 124 valence electrons. The van der Waals surface area contributed by atoms with Crippen molar-refractivity contribution in [3.63, 3.8) is 0 Å². The lowest BCUT2D eigenvalue weighted by Crippen LogP contribution is -2.44.